The van der Waals surface area contributed by atoms with Crippen molar-refractivity contribution in [3.8, 4) is 0 Å². The third-order valence-corrected chi connectivity index (χ3v) is 10.9. The minimum atomic E-state index is -0.638. The van der Waals surface area contributed by atoms with Gasteiger partial charge in [-0.25, -0.2) is 4.98 Å². The molecule has 0 radical (unpaired) electrons. The van der Waals surface area contributed by atoms with E-state index in [9.17, 15) is 9.90 Å². The Bertz CT molecular complexity index is 1230. The monoisotopic (exact) mass is 586 g/mol. The van der Waals surface area contributed by atoms with E-state index in [0.29, 0.717) is 30.3 Å². The van der Waals surface area contributed by atoms with Crippen molar-refractivity contribution in [2.24, 2.45) is 11.8 Å². The summed E-state index contributed by atoms with van der Waals surface area (Å²) >= 11 is 1.76. The molecule has 224 valence electrons. The number of aliphatic carboxylic acids is 1. The van der Waals surface area contributed by atoms with E-state index in [1.54, 1.807) is 11.3 Å². The smallest absolute Gasteiger partial charge is 0.303 e. The molecule has 6 nitrogen and oxygen atoms in total. The van der Waals surface area contributed by atoms with Crippen LogP contribution in [0, 0.1) is 11.8 Å². The van der Waals surface area contributed by atoms with Crippen LogP contribution >= 0.6 is 11.3 Å². The van der Waals surface area contributed by atoms with Crippen LogP contribution in [-0.4, -0.2) is 77.2 Å². The topological polar surface area (TPSA) is 59.9 Å². The van der Waals surface area contributed by atoms with E-state index in [0.717, 1.165) is 63.7 Å². The molecule has 7 heteroatoms. The van der Waals surface area contributed by atoms with E-state index in [4.69, 9.17) is 4.98 Å². The highest BCUT2D eigenvalue weighted by Crippen LogP contribution is 2.40. The molecule has 0 amide bonds. The van der Waals surface area contributed by atoms with Gasteiger partial charge >= 0.3 is 5.97 Å². The Labute approximate surface area is 255 Å². The maximum atomic E-state index is 11.7. The predicted molar refractivity (Wildman–Crippen MR) is 171 cm³/mol. The highest BCUT2D eigenvalue weighted by molar-refractivity contribution is 7.13. The first-order valence-electron chi connectivity index (χ1n) is 16.1. The van der Waals surface area contributed by atoms with Crippen molar-refractivity contribution in [3.05, 3.63) is 83.4 Å². The lowest BCUT2D eigenvalue weighted by molar-refractivity contribution is -0.139. The van der Waals surface area contributed by atoms with Crippen LogP contribution in [0.4, 0.5) is 5.13 Å². The highest BCUT2D eigenvalue weighted by atomic mass is 32.1. The standard InChI is InChI=1S/C35H46N4O2S/c40-34(41)23-29-13-7-8-14-33(29)38-25-30(32(26-38)28-11-5-2-6-12-28)24-37-19-16-31(17-20-37)39(35-36-18-22-42-35)21-15-27-9-3-1-4-10-27/h1-6,9-12,18,22,29-33H,7-8,13-17,19-21,23-26H2,(H,40,41)/t29?,30-,32+,33+/m0/s1. The Kier molecular flexibility index (Phi) is 9.89. The van der Waals surface area contributed by atoms with Crippen molar-refractivity contribution in [1.82, 2.24) is 14.8 Å². The molecule has 3 aliphatic rings. The van der Waals surface area contributed by atoms with Gasteiger partial charge in [-0.1, -0.05) is 73.5 Å². The zero-order chi connectivity index (χ0) is 28.7. The summed E-state index contributed by atoms with van der Waals surface area (Å²) in [5.41, 5.74) is 2.83. The molecule has 2 aliphatic heterocycles. The summed E-state index contributed by atoms with van der Waals surface area (Å²) in [6.07, 6.45) is 10.2. The number of carboxylic acid groups (broad SMARTS) is 1. The van der Waals surface area contributed by atoms with Crippen LogP contribution < -0.4 is 4.90 Å². The maximum absolute atomic E-state index is 11.7. The minimum Gasteiger partial charge on any atom is -0.481 e. The predicted octanol–water partition coefficient (Wildman–Crippen LogP) is 6.41. The molecule has 3 fully saturated rings. The number of hydrogen-bond acceptors (Lipinski definition) is 6. The number of carboxylic acids is 1. The van der Waals surface area contributed by atoms with Gasteiger partial charge in [0, 0.05) is 75.3 Å². The molecule has 0 spiro atoms. The lowest BCUT2D eigenvalue weighted by Gasteiger charge is -2.40. The molecule has 2 saturated heterocycles. The number of thiazole rings is 1. The molecule has 0 bridgehead atoms. The van der Waals surface area contributed by atoms with Gasteiger partial charge in [-0.05, 0) is 55.1 Å². The second-order valence-electron chi connectivity index (χ2n) is 12.7. The van der Waals surface area contributed by atoms with Crippen LogP contribution in [0.5, 0.6) is 0 Å². The van der Waals surface area contributed by atoms with Crippen molar-refractivity contribution in [2.45, 2.75) is 69.4 Å². The van der Waals surface area contributed by atoms with Crippen molar-refractivity contribution < 1.29 is 9.90 Å². The Morgan fingerprint density at radius 1 is 0.929 bits per heavy atom. The highest BCUT2D eigenvalue weighted by Gasteiger charge is 2.41. The fraction of sp³-hybridized carbons (Fsp3) is 0.543. The number of aromatic nitrogens is 1. The fourth-order valence-electron chi connectivity index (χ4n) is 8.00. The fourth-order valence-corrected chi connectivity index (χ4v) is 8.74. The second kappa shape index (κ2) is 14.2. The molecule has 1 aromatic heterocycles. The summed E-state index contributed by atoms with van der Waals surface area (Å²) < 4.78 is 0. The average Bonchev–Trinajstić information content (AvgIpc) is 3.70. The van der Waals surface area contributed by atoms with Crippen molar-refractivity contribution in [1.29, 1.82) is 0 Å². The van der Waals surface area contributed by atoms with Crippen molar-refractivity contribution in [2.75, 3.05) is 44.2 Å². The number of hydrogen-bond donors (Lipinski definition) is 1. The lowest BCUT2D eigenvalue weighted by Crippen LogP contribution is -2.47. The summed E-state index contributed by atoms with van der Waals surface area (Å²) in [7, 11) is 0. The van der Waals surface area contributed by atoms with Gasteiger partial charge < -0.3 is 14.9 Å². The largest absolute Gasteiger partial charge is 0.481 e. The van der Waals surface area contributed by atoms with Gasteiger partial charge in [0.15, 0.2) is 5.13 Å². The molecule has 2 aromatic carbocycles. The Balaban J connectivity index is 1.10. The molecule has 42 heavy (non-hydrogen) atoms. The molecular weight excluding hydrogens is 540 g/mol. The van der Waals surface area contributed by atoms with Crippen LogP contribution in [0.1, 0.15) is 62.0 Å². The van der Waals surface area contributed by atoms with Gasteiger partial charge in [-0.15, -0.1) is 11.3 Å². The summed E-state index contributed by atoms with van der Waals surface area (Å²) in [6.45, 7) is 6.53. The number of anilines is 1. The zero-order valence-electron chi connectivity index (χ0n) is 24.8. The van der Waals surface area contributed by atoms with E-state index < -0.39 is 5.97 Å². The number of carbonyl (C=O) groups is 1. The van der Waals surface area contributed by atoms with Gasteiger partial charge in [-0.3, -0.25) is 9.69 Å². The normalized spacial score (nSPS) is 25.9. The first kappa shape index (κ1) is 29.3. The van der Waals surface area contributed by atoms with Crippen molar-refractivity contribution >= 4 is 22.4 Å². The summed E-state index contributed by atoms with van der Waals surface area (Å²) in [4.78, 5) is 24.4. The van der Waals surface area contributed by atoms with Crippen LogP contribution in [0.25, 0.3) is 0 Å². The molecule has 1 saturated carbocycles. The quantitative estimate of drug-likeness (QED) is 0.280. The number of benzene rings is 2. The molecule has 3 heterocycles. The van der Waals surface area contributed by atoms with Gasteiger partial charge in [0.2, 0.25) is 0 Å². The maximum Gasteiger partial charge on any atom is 0.303 e. The third-order valence-electron chi connectivity index (χ3n) is 10.1. The Hall–Kier alpha value is -2.74. The molecule has 1 aliphatic carbocycles. The molecule has 1 unspecified atom stereocenters. The average molecular weight is 587 g/mol. The SMILES string of the molecule is O=C(O)CC1CCCC[C@H]1N1C[C@H](CN2CCC(N(CCc3ccccc3)c3nccs3)CC2)[C@@H](c2ccccc2)C1. The van der Waals surface area contributed by atoms with Crippen LogP contribution in [-0.2, 0) is 11.2 Å². The van der Waals surface area contributed by atoms with Crippen molar-refractivity contribution in [3.63, 3.8) is 0 Å². The number of rotatable bonds is 11. The van der Waals surface area contributed by atoms with E-state index >= 15 is 0 Å². The van der Waals surface area contributed by atoms with Crippen LogP contribution in [0.3, 0.4) is 0 Å². The summed E-state index contributed by atoms with van der Waals surface area (Å²) in [5, 5.41) is 12.9. The van der Waals surface area contributed by atoms with Gasteiger partial charge in [0.1, 0.15) is 0 Å². The van der Waals surface area contributed by atoms with E-state index in [-0.39, 0.29) is 5.92 Å². The Morgan fingerprint density at radius 2 is 1.67 bits per heavy atom. The minimum absolute atomic E-state index is 0.287. The van der Waals surface area contributed by atoms with Gasteiger partial charge in [0.25, 0.3) is 0 Å². The molecular formula is C35H46N4O2S. The first-order valence-corrected chi connectivity index (χ1v) is 16.9. The van der Waals surface area contributed by atoms with Crippen LogP contribution in [0.2, 0.25) is 0 Å². The lowest BCUT2D eigenvalue weighted by atomic mass is 9.81. The second-order valence-corrected chi connectivity index (χ2v) is 13.6. The number of likely N-dealkylation sites (tertiary alicyclic amines) is 2. The first-order chi connectivity index (χ1) is 20.6. The number of nitrogens with zero attached hydrogens (tertiary/aromatic N) is 4. The zero-order valence-corrected chi connectivity index (χ0v) is 25.6. The van der Waals surface area contributed by atoms with E-state index in [2.05, 4.69) is 80.7 Å². The van der Waals surface area contributed by atoms with Crippen LogP contribution in [0.15, 0.2) is 72.2 Å². The molecule has 3 aromatic rings. The number of piperidine rings is 1. The molecule has 1 N–H and O–H groups in total. The van der Waals surface area contributed by atoms with Gasteiger partial charge in [-0.2, -0.15) is 0 Å². The van der Waals surface area contributed by atoms with Gasteiger partial charge in [0.05, 0.1) is 0 Å². The van der Waals surface area contributed by atoms with E-state index in [1.807, 2.05) is 6.20 Å². The summed E-state index contributed by atoms with van der Waals surface area (Å²) in [6, 6.07) is 22.8. The third kappa shape index (κ3) is 7.24. The van der Waals surface area contributed by atoms with E-state index in [1.165, 1.54) is 36.8 Å². The molecule has 6 rings (SSSR count). The summed E-state index contributed by atoms with van der Waals surface area (Å²) in [5.74, 6) is 0.731. The Morgan fingerprint density at radius 3 is 2.38 bits per heavy atom. The molecule has 4 atom stereocenters.